The molecule has 8 heteroatoms. The molecule has 110 valence electrons. The van der Waals surface area contributed by atoms with Crippen molar-refractivity contribution in [2.45, 2.75) is 20.0 Å². The second kappa shape index (κ2) is 6.04. The summed E-state index contributed by atoms with van der Waals surface area (Å²) in [5.74, 6) is 0.578. The molecule has 0 saturated carbocycles. The van der Waals surface area contributed by atoms with Crippen molar-refractivity contribution in [2.75, 3.05) is 11.1 Å². The maximum absolute atomic E-state index is 11.0. The van der Waals surface area contributed by atoms with Crippen LogP contribution in [0.2, 0.25) is 0 Å². The summed E-state index contributed by atoms with van der Waals surface area (Å²) < 4.78 is 5.52. The Morgan fingerprint density at radius 2 is 1.95 bits per heavy atom. The van der Waals surface area contributed by atoms with Gasteiger partial charge in [-0.05, 0) is 38.1 Å². The minimum absolute atomic E-state index is 0.0463. The molecular weight excluding hydrogens is 274 g/mol. The van der Waals surface area contributed by atoms with Crippen molar-refractivity contribution < 1.29 is 9.66 Å². The zero-order valence-electron chi connectivity index (χ0n) is 11.6. The molecule has 0 saturated heterocycles. The van der Waals surface area contributed by atoms with E-state index in [0.29, 0.717) is 11.4 Å². The summed E-state index contributed by atoms with van der Waals surface area (Å²) in [6.45, 7) is 3.86. The van der Waals surface area contributed by atoms with Gasteiger partial charge in [0.25, 0.3) is 0 Å². The van der Waals surface area contributed by atoms with Crippen LogP contribution in [0.15, 0.2) is 30.6 Å². The monoisotopic (exact) mass is 289 g/mol. The zero-order valence-corrected chi connectivity index (χ0v) is 11.6. The lowest BCUT2D eigenvalue weighted by Gasteiger charge is -2.11. The molecule has 1 aromatic heterocycles. The van der Waals surface area contributed by atoms with Crippen molar-refractivity contribution >= 4 is 23.0 Å². The minimum atomic E-state index is -0.617. The molecule has 2 rings (SSSR count). The third-order valence-electron chi connectivity index (χ3n) is 2.52. The first-order valence-electron chi connectivity index (χ1n) is 6.26. The van der Waals surface area contributed by atoms with E-state index in [9.17, 15) is 10.1 Å². The van der Waals surface area contributed by atoms with E-state index in [0.717, 1.165) is 0 Å². The standard InChI is InChI=1S/C13H15N5O3/c1-8(2)21-10-5-3-9(4-6-10)17-13-11(18(19)20)12(14)15-7-16-13/h3-8H,1-2H3,(H3,14,15,16,17). The number of nitrogens with two attached hydrogens (primary N) is 1. The number of benzene rings is 1. The molecule has 1 aromatic carbocycles. The predicted molar refractivity (Wildman–Crippen MR) is 78.6 cm³/mol. The molecule has 1 heterocycles. The lowest BCUT2D eigenvalue weighted by Crippen LogP contribution is -2.06. The SMILES string of the molecule is CC(C)Oc1ccc(Nc2ncnc(N)c2[N+](=O)[O-])cc1. The van der Waals surface area contributed by atoms with Crippen LogP contribution in [0.25, 0.3) is 0 Å². The quantitative estimate of drug-likeness (QED) is 0.641. The second-order valence-corrected chi connectivity index (χ2v) is 4.53. The molecule has 21 heavy (non-hydrogen) atoms. The van der Waals surface area contributed by atoms with E-state index in [2.05, 4.69) is 15.3 Å². The number of hydrogen-bond donors (Lipinski definition) is 2. The van der Waals surface area contributed by atoms with Crippen molar-refractivity contribution in [3.8, 4) is 5.75 Å². The zero-order chi connectivity index (χ0) is 15.4. The van der Waals surface area contributed by atoms with Crippen molar-refractivity contribution in [3.05, 3.63) is 40.7 Å². The van der Waals surface area contributed by atoms with E-state index in [1.807, 2.05) is 13.8 Å². The van der Waals surface area contributed by atoms with Crippen LogP contribution in [0.4, 0.5) is 23.0 Å². The van der Waals surface area contributed by atoms with Crippen LogP contribution < -0.4 is 15.8 Å². The Morgan fingerprint density at radius 1 is 1.29 bits per heavy atom. The Labute approximate surface area is 121 Å². The number of nitrogen functional groups attached to an aromatic ring is 1. The van der Waals surface area contributed by atoms with Crippen LogP contribution in [0.1, 0.15) is 13.8 Å². The van der Waals surface area contributed by atoms with Gasteiger partial charge in [0.15, 0.2) is 0 Å². The molecule has 0 fully saturated rings. The molecule has 0 radical (unpaired) electrons. The highest BCUT2D eigenvalue weighted by Gasteiger charge is 2.20. The van der Waals surface area contributed by atoms with Crippen molar-refractivity contribution in [1.82, 2.24) is 9.97 Å². The second-order valence-electron chi connectivity index (χ2n) is 4.53. The van der Waals surface area contributed by atoms with Gasteiger partial charge < -0.3 is 15.8 Å². The summed E-state index contributed by atoms with van der Waals surface area (Å²) in [4.78, 5) is 17.8. The summed E-state index contributed by atoms with van der Waals surface area (Å²) in [5, 5.41) is 13.8. The van der Waals surface area contributed by atoms with Gasteiger partial charge in [-0.2, -0.15) is 0 Å². The summed E-state index contributed by atoms with van der Waals surface area (Å²) in [6.07, 6.45) is 1.24. The lowest BCUT2D eigenvalue weighted by molar-refractivity contribution is -0.383. The molecule has 0 amide bonds. The fourth-order valence-corrected chi connectivity index (χ4v) is 1.69. The number of anilines is 3. The maximum atomic E-state index is 11.0. The highest BCUT2D eigenvalue weighted by atomic mass is 16.6. The Hall–Kier alpha value is -2.90. The molecule has 8 nitrogen and oxygen atoms in total. The first-order chi connectivity index (χ1) is 9.97. The summed E-state index contributed by atoms with van der Waals surface area (Å²) in [7, 11) is 0. The maximum Gasteiger partial charge on any atom is 0.353 e. The highest BCUT2D eigenvalue weighted by Crippen LogP contribution is 2.29. The predicted octanol–water partition coefficient (Wildman–Crippen LogP) is 2.50. The fraction of sp³-hybridized carbons (Fsp3) is 0.231. The fourth-order valence-electron chi connectivity index (χ4n) is 1.69. The van der Waals surface area contributed by atoms with Gasteiger partial charge in [0, 0.05) is 5.69 Å². The summed E-state index contributed by atoms with van der Waals surface area (Å²) in [6, 6.07) is 7.00. The van der Waals surface area contributed by atoms with Gasteiger partial charge in [-0.25, -0.2) is 9.97 Å². The highest BCUT2D eigenvalue weighted by molar-refractivity contribution is 5.72. The van der Waals surface area contributed by atoms with E-state index in [4.69, 9.17) is 10.5 Å². The lowest BCUT2D eigenvalue weighted by atomic mass is 10.3. The average molecular weight is 289 g/mol. The molecule has 0 unspecified atom stereocenters. The molecule has 0 atom stereocenters. The molecule has 2 aromatic rings. The minimum Gasteiger partial charge on any atom is -0.491 e. The number of nitrogens with one attached hydrogen (secondary N) is 1. The van der Waals surface area contributed by atoms with E-state index in [1.54, 1.807) is 24.3 Å². The topological polar surface area (TPSA) is 116 Å². The van der Waals surface area contributed by atoms with Gasteiger partial charge >= 0.3 is 5.69 Å². The Balaban J connectivity index is 2.22. The summed E-state index contributed by atoms with van der Waals surface area (Å²) >= 11 is 0. The molecule has 0 aliphatic carbocycles. The van der Waals surface area contributed by atoms with Crippen LogP contribution in [-0.2, 0) is 0 Å². The Morgan fingerprint density at radius 3 is 2.52 bits per heavy atom. The largest absolute Gasteiger partial charge is 0.491 e. The van der Waals surface area contributed by atoms with Crippen molar-refractivity contribution in [2.24, 2.45) is 0 Å². The molecular formula is C13H15N5O3. The normalized spacial score (nSPS) is 10.4. The number of nitrogens with zero attached hydrogens (tertiary/aromatic N) is 3. The van der Waals surface area contributed by atoms with Gasteiger partial charge in [-0.15, -0.1) is 0 Å². The van der Waals surface area contributed by atoms with E-state index in [-0.39, 0.29) is 23.4 Å². The first kappa shape index (κ1) is 14.5. The van der Waals surface area contributed by atoms with Gasteiger partial charge in [0.2, 0.25) is 11.6 Å². The number of ether oxygens (including phenoxy) is 1. The van der Waals surface area contributed by atoms with Gasteiger partial charge in [-0.3, -0.25) is 10.1 Å². The third kappa shape index (κ3) is 3.56. The van der Waals surface area contributed by atoms with Crippen LogP contribution in [0.5, 0.6) is 5.75 Å². The average Bonchev–Trinajstić information content (AvgIpc) is 2.40. The Kier molecular flexibility index (Phi) is 4.17. The Bertz CT molecular complexity index is 643. The first-order valence-corrected chi connectivity index (χ1v) is 6.26. The molecule has 0 spiro atoms. The molecule has 0 aliphatic rings. The smallest absolute Gasteiger partial charge is 0.353 e. The molecule has 3 N–H and O–H groups in total. The van der Waals surface area contributed by atoms with Crippen LogP contribution in [-0.4, -0.2) is 21.0 Å². The van der Waals surface area contributed by atoms with Crippen LogP contribution >= 0.6 is 0 Å². The number of nitro groups is 1. The number of rotatable bonds is 5. The number of hydrogen-bond acceptors (Lipinski definition) is 7. The van der Waals surface area contributed by atoms with Crippen molar-refractivity contribution in [1.29, 1.82) is 0 Å². The van der Waals surface area contributed by atoms with E-state index < -0.39 is 4.92 Å². The third-order valence-corrected chi connectivity index (χ3v) is 2.52. The summed E-state index contributed by atoms with van der Waals surface area (Å²) in [5.41, 5.74) is 5.79. The molecule has 0 bridgehead atoms. The van der Waals surface area contributed by atoms with Gasteiger partial charge in [0.1, 0.15) is 12.1 Å². The van der Waals surface area contributed by atoms with E-state index in [1.165, 1.54) is 6.33 Å². The van der Waals surface area contributed by atoms with Gasteiger partial charge in [-0.1, -0.05) is 0 Å². The van der Waals surface area contributed by atoms with Crippen molar-refractivity contribution in [3.63, 3.8) is 0 Å². The van der Waals surface area contributed by atoms with Crippen LogP contribution in [0, 0.1) is 10.1 Å². The van der Waals surface area contributed by atoms with Crippen LogP contribution in [0.3, 0.4) is 0 Å². The number of aromatic nitrogens is 2. The molecule has 0 aliphatic heterocycles. The van der Waals surface area contributed by atoms with Gasteiger partial charge in [0.05, 0.1) is 11.0 Å². The van der Waals surface area contributed by atoms with E-state index >= 15 is 0 Å².